The van der Waals surface area contributed by atoms with Crippen molar-refractivity contribution in [2.75, 3.05) is 0 Å². The summed E-state index contributed by atoms with van der Waals surface area (Å²) in [4.78, 5) is 16.7. The van der Waals surface area contributed by atoms with Gasteiger partial charge in [-0.1, -0.05) is 18.2 Å². The molecule has 0 aliphatic rings. The highest BCUT2D eigenvalue weighted by Gasteiger charge is 2.31. The third-order valence-corrected chi connectivity index (χ3v) is 3.40. The van der Waals surface area contributed by atoms with Crippen molar-refractivity contribution >= 4 is 49.7 Å². The number of halogens is 2. The van der Waals surface area contributed by atoms with Gasteiger partial charge in [-0.15, -0.1) is 0 Å². The minimum atomic E-state index is -1.28. The molecule has 0 fully saturated rings. The lowest BCUT2D eigenvalue weighted by Gasteiger charge is -2.14. The Morgan fingerprint density at radius 3 is 2.47 bits per heavy atom. The van der Waals surface area contributed by atoms with E-state index in [0.29, 0.717) is 0 Å². The highest BCUT2D eigenvalue weighted by Crippen LogP contribution is 2.32. The number of ketones is 1. The Balaban J connectivity index is 2.37. The lowest BCUT2D eigenvalue weighted by atomic mass is 10.4. The lowest BCUT2D eigenvalue weighted by Crippen LogP contribution is -2.24. The van der Waals surface area contributed by atoms with Crippen LogP contribution in [0.3, 0.4) is 0 Å². The summed E-state index contributed by atoms with van der Waals surface area (Å²) in [6.07, 6.45) is 0. The van der Waals surface area contributed by atoms with Crippen LogP contribution in [0.5, 0.6) is 0 Å². The van der Waals surface area contributed by atoms with Gasteiger partial charge in [-0.25, -0.2) is 0 Å². The molecule has 0 N–H and O–H groups in total. The normalized spacial score (nSPS) is 11.4. The summed E-state index contributed by atoms with van der Waals surface area (Å²) in [5.74, 6) is -0.240. The van der Waals surface area contributed by atoms with E-state index in [4.69, 9.17) is 9.22 Å². The minimum absolute atomic E-state index is 0.240. The van der Waals surface area contributed by atoms with Gasteiger partial charge in [-0.2, -0.15) is 9.22 Å². The number of Topliss-reactive ketones (excluding diaryl/α,β-unsaturated/α-hetero) is 1. The molecule has 0 aliphatic carbocycles. The van der Waals surface area contributed by atoms with Crippen molar-refractivity contribution < 1.29 is 14.0 Å². The van der Waals surface area contributed by atoms with Gasteiger partial charge in [0.2, 0.25) is 0 Å². The van der Waals surface area contributed by atoms with Crippen LogP contribution in [-0.2, 0) is 14.0 Å². The molecule has 1 rings (SSSR count). The molecule has 0 spiro atoms. The summed E-state index contributed by atoms with van der Waals surface area (Å²) < 4.78 is 3.57. The molecular formula is C9H8Br2O3S. The van der Waals surface area contributed by atoms with Gasteiger partial charge in [0.25, 0.3) is 3.42 Å². The maximum atomic E-state index is 11.0. The molecule has 6 heteroatoms. The third kappa shape index (κ3) is 4.65. The summed E-state index contributed by atoms with van der Waals surface area (Å²) in [6, 6.07) is 9.40. The van der Waals surface area contributed by atoms with E-state index in [9.17, 15) is 4.79 Å². The van der Waals surface area contributed by atoms with Crippen LogP contribution in [0.25, 0.3) is 0 Å². The number of hydrogen-bond acceptors (Lipinski definition) is 4. The van der Waals surface area contributed by atoms with Crippen molar-refractivity contribution in [1.82, 2.24) is 0 Å². The van der Waals surface area contributed by atoms with E-state index in [1.807, 2.05) is 30.3 Å². The Kier molecular flexibility index (Phi) is 5.28. The second-order valence-electron chi connectivity index (χ2n) is 2.62. The molecule has 1 aromatic carbocycles. The van der Waals surface area contributed by atoms with Crippen molar-refractivity contribution in [2.45, 2.75) is 15.2 Å². The number of hydrogen-bond donors (Lipinski definition) is 0. The van der Waals surface area contributed by atoms with Gasteiger partial charge in [0.1, 0.15) is 0 Å². The van der Waals surface area contributed by atoms with Gasteiger partial charge in [-0.3, -0.25) is 4.79 Å². The standard InChI is InChI=1S/C9H8Br2O3S/c1-7(12)9(10,11)13-14-15-8-5-3-2-4-6-8/h2-6H,1H3. The molecule has 0 unspecified atom stereocenters. The Morgan fingerprint density at radius 2 is 1.93 bits per heavy atom. The van der Waals surface area contributed by atoms with Gasteiger partial charge in [0.15, 0.2) is 5.78 Å². The maximum absolute atomic E-state index is 11.0. The first-order chi connectivity index (χ1) is 7.02. The summed E-state index contributed by atoms with van der Waals surface area (Å²) in [5, 5.41) is 0. The number of rotatable bonds is 5. The van der Waals surface area contributed by atoms with Gasteiger partial charge < -0.3 is 0 Å². The minimum Gasteiger partial charge on any atom is -0.295 e. The van der Waals surface area contributed by atoms with E-state index in [-0.39, 0.29) is 5.78 Å². The Morgan fingerprint density at radius 1 is 1.33 bits per heavy atom. The summed E-state index contributed by atoms with van der Waals surface area (Å²) in [5.41, 5.74) is 0. The smallest absolute Gasteiger partial charge is 0.270 e. The van der Waals surface area contributed by atoms with Crippen molar-refractivity contribution in [1.29, 1.82) is 0 Å². The van der Waals surface area contributed by atoms with Crippen molar-refractivity contribution in [2.24, 2.45) is 0 Å². The second-order valence-corrected chi connectivity index (χ2v) is 6.69. The van der Waals surface area contributed by atoms with E-state index in [1.54, 1.807) is 0 Å². The van der Waals surface area contributed by atoms with Crippen LogP contribution in [0.1, 0.15) is 6.92 Å². The Labute approximate surface area is 109 Å². The average molecular weight is 356 g/mol. The number of carbonyl (C=O) groups is 1. The lowest BCUT2D eigenvalue weighted by molar-refractivity contribution is -0.209. The average Bonchev–Trinajstić information content (AvgIpc) is 2.19. The van der Waals surface area contributed by atoms with E-state index in [2.05, 4.69) is 31.9 Å². The van der Waals surface area contributed by atoms with Crippen LogP contribution in [0.4, 0.5) is 0 Å². The van der Waals surface area contributed by atoms with Gasteiger partial charge in [0, 0.05) is 4.90 Å². The highest BCUT2D eigenvalue weighted by molar-refractivity contribution is 9.25. The quantitative estimate of drug-likeness (QED) is 0.349. The molecule has 0 heterocycles. The zero-order valence-corrected chi connectivity index (χ0v) is 11.8. The Bertz CT molecular complexity index is 329. The highest BCUT2D eigenvalue weighted by atomic mass is 79.9. The van der Waals surface area contributed by atoms with Gasteiger partial charge in [-0.05, 0) is 50.9 Å². The first-order valence-corrected chi connectivity index (χ1v) is 6.31. The topological polar surface area (TPSA) is 35.5 Å². The van der Waals surface area contributed by atoms with Crippen molar-refractivity contribution in [3.8, 4) is 0 Å². The molecule has 0 radical (unpaired) electrons. The predicted molar refractivity (Wildman–Crippen MR) is 65.7 cm³/mol. The first kappa shape index (κ1) is 13.2. The fourth-order valence-corrected chi connectivity index (χ4v) is 1.42. The zero-order valence-electron chi connectivity index (χ0n) is 7.78. The molecule has 0 amide bonds. The van der Waals surface area contributed by atoms with Crippen molar-refractivity contribution in [3.63, 3.8) is 0 Å². The molecular weight excluding hydrogens is 348 g/mol. The van der Waals surface area contributed by atoms with Gasteiger partial charge in [0.05, 0.1) is 12.0 Å². The molecule has 82 valence electrons. The largest absolute Gasteiger partial charge is 0.295 e. The van der Waals surface area contributed by atoms with Crippen LogP contribution < -0.4 is 0 Å². The summed E-state index contributed by atoms with van der Waals surface area (Å²) in [6.45, 7) is 1.38. The summed E-state index contributed by atoms with van der Waals surface area (Å²) >= 11 is 7.08. The molecule has 0 atom stereocenters. The van der Waals surface area contributed by atoms with Crippen LogP contribution in [0, 0.1) is 0 Å². The van der Waals surface area contributed by atoms with E-state index in [0.717, 1.165) is 16.9 Å². The second kappa shape index (κ2) is 6.00. The van der Waals surface area contributed by atoms with Crippen LogP contribution in [-0.4, -0.2) is 9.20 Å². The molecule has 1 aromatic rings. The van der Waals surface area contributed by atoms with Crippen LogP contribution >= 0.6 is 43.9 Å². The molecule has 0 bridgehead atoms. The zero-order chi connectivity index (χ0) is 11.3. The molecule has 15 heavy (non-hydrogen) atoms. The molecule has 0 aliphatic heterocycles. The van der Waals surface area contributed by atoms with Gasteiger partial charge >= 0.3 is 0 Å². The molecule has 0 saturated heterocycles. The molecule has 0 saturated carbocycles. The van der Waals surface area contributed by atoms with E-state index in [1.165, 1.54) is 6.92 Å². The summed E-state index contributed by atoms with van der Waals surface area (Å²) in [7, 11) is 0. The fourth-order valence-electron chi connectivity index (χ4n) is 0.634. The van der Waals surface area contributed by atoms with Crippen LogP contribution in [0.15, 0.2) is 35.2 Å². The van der Waals surface area contributed by atoms with E-state index >= 15 is 0 Å². The molecule has 0 aromatic heterocycles. The van der Waals surface area contributed by atoms with E-state index < -0.39 is 3.42 Å². The first-order valence-electron chi connectivity index (χ1n) is 3.98. The number of alkyl halides is 2. The van der Waals surface area contributed by atoms with Crippen molar-refractivity contribution in [3.05, 3.63) is 30.3 Å². The maximum Gasteiger partial charge on any atom is 0.270 e. The monoisotopic (exact) mass is 354 g/mol. The SMILES string of the molecule is CC(=O)C(Br)(Br)OOSc1ccccc1. The van der Waals surface area contributed by atoms with Crippen LogP contribution in [0.2, 0.25) is 0 Å². The number of carbonyl (C=O) groups excluding carboxylic acids is 1. The number of benzene rings is 1. The Hall–Kier alpha value is 0.120. The molecule has 3 nitrogen and oxygen atoms in total. The predicted octanol–water partition coefficient (Wildman–Crippen LogP) is 3.67. The fraction of sp³-hybridized carbons (Fsp3) is 0.222. The third-order valence-electron chi connectivity index (χ3n) is 1.42.